The lowest BCUT2D eigenvalue weighted by atomic mass is 10.1. The van der Waals surface area contributed by atoms with Crippen LogP contribution in [0.2, 0.25) is 0 Å². The molecular weight excluding hydrogens is 280 g/mol. The fourth-order valence-corrected chi connectivity index (χ4v) is 2.98. The Bertz CT molecular complexity index is 493. The van der Waals surface area contributed by atoms with E-state index in [9.17, 15) is 9.90 Å². The van der Waals surface area contributed by atoms with Gasteiger partial charge in [0, 0.05) is 6.54 Å². The number of carbonyl (C=O) groups excluding carboxylic acids is 1. The first-order valence-corrected chi connectivity index (χ1v) is 7.98. The molecule has 5 heteroatoms. The number of aliphatic hydroxyl groups is 1. The fourth-order valence-electron chi connectivity index (χ4n) is 2.98. The molecule has 1 amide bonds. The molecule has 1 aliphatic carbocycles. The van der Waals surface area contributed by atoms with Crippen LogP contribution in [0.25, 0.3) is 0 Å². The van der Waals surface area contributed by atoms with Crippen LogP contribution in [0, 0.1) is 5.92 Å². The molecule has 2 N–H and O–H groups in total. The Morgan fingerprint density at radius 2 is 2.18 bits per heavy atom. The van der Waals surface area contributed by atoms with E-state index in [0.717, 1.165) is 25.8 Å². The van der Waals surface area contributed by atoms with Crippen LogP contribution in [0.15, 0.2) is 24.3 Å². The number of carbonyl (C=O) groups is 1. The van der Waals surface area contributed by atoms with Gasteiger partial charge in [0.2, 0.25) is 5.91 Å². The second-order valence-electron chi connectivity index (χ2n) is 5.93. The van der Waals surface area contributed by atoms with E-state index in [0.29, 0.717) is 24.6 Å². The van der Waals surface area contributed by atoms with Gasteiger partial charge in [-0.3, -0.25) is 9.69 Å². The number of hydrogen-bond donors (Lipinski definition) is 2. The molecule has 2 atom stereocenters. The van der Waals surface area contributed by atoms with Crippen molar-refractivity contribution < 1.29 is 14.6 Å². The van der Waals surface area contributed by atoms with E-state index in [-0.39, 0.29) is 17.9 Å². The van der Waals surface area contributed by atoms with Crippen molar-refractivity contribution in [3.63, 3.8) is 0 Å². The first-order valence-electron chi connectivity index (χ1n) is 7.98. The van der Waals surface area contributed by atoms with Gasteiger partial charge in [-0.2, -0.15) is 0 Å². The highest BCUT2D eigenvalue weighted by atomic mass is 16.5. The van der Waals surface area contributed by atoms with Crippen molar-refractivity contribution >= 4 is 11.6 Å². The summed E-state index contributed by atoms with van der Waals surface area (Å²) in [5.74, 6) is 0.905. The van der Waals surface area contributed by atoms with Crippen molar-refractivity contribution in [1.82, 2.24) is 4.90 Å². The highest BCUT2D eigenvalue weighted by Crippen LogP contribution is 2.26. The second kappa shape index (κ2) is 8.15. The maximum atomic E-state index is 12.2. The third-order valence-corrected chi connectivity index (χ3v) is 4.04. The molecule has 0 radical (unpaired) electrons. The quantitative estimate of drug-likeness (QED) is 0.810. The second-order valence-corrected chi connectivity index (χ2v) is 5.93. The molecule has 2 rings (SSSR count). The predicted octanol–water partition coefficient (Wildman–Crippen LogP) is 2.12. The van der Waals surface area contributed by atoms with E-state index in [2.05, 4.69) is 5.32 Å². The van der Waals surface area contributed by atoms with Crippen LogP contribution in [0.5, 0.6) is 5.75 Å². The highest BCUT2D eigenvalue weighted by molar-refractivity contribution is 5.93. The molecule has 5 nitrogen and oxygen atoms in total. The topological polar surface area (TPSA) is 61.8 Å². The Labute approximate surface area is 132 Å². The minimum Gasteiger partial charge on any atom is -0.492 e. The first-order chi connectivity index (χ1) is 10.6. The van der Waals surface area contributed by atoms with Gasteiger partial charge in [0.1, 0.15) is 5.75 Å². The average molecular weight is 306 g/mol. The van der Waals surface area contributed by atoms with Crippen molar-refractivity contribution in [2.75, 3.05) is 32.1 Å². The number of benzene rings is 1. The lowest BCUT2D eigenvalue weighted by Gasteiger charge is -2.22. The number of nitrogens with zero attached hydrogens (tertiary/aromatic N) is 1. The van der Waals surface area contributed by atoms with Gasteiger partial charge in [-0.05, 0) is 44.9 Å². The van der Waals surface area contributed by atoms with Gasteiger partial charge < -0.3 is 15.2 Å². The molecule has 122 valence electrons. The van der Waals surface area contributed by atoms with Crippen LogP contribution in [-0.4, -0.2) is 48.8 Å². The number of anilines is 1. The van der Waals surface area contributed by atoms with Gasteiger partial charge in [-0.25, -0.2) is 0 Å². The molecule has 0 bridgehead atoms. The smallest absolute Gasteiger partial charge is 0.238 e. The van der Waals surface area contributed by atoms with Crippen LogP contribution in [0.1, 0.15) is 26.2 Å². The minimum absolute atomic E-state index is 0.0675. The summed E-state index contributed by atoms with van der Waals surface area (Å²) >= 11 is 0. The molecule has 1 aromatic carbocycles. The van der Waals surface area contributed by atoms with Gasteiger partial charge in [0.15, 0.2) is 0 Å². The zero-order valence-electron chi connectivity index (χ0n) is 13.4. The number of likely N-dealkylation sites (N-methyl/N-ethyl adjacent to an activating group) is 1. The van der Waals surface area contributed by atoms with Crippen molar-refractivity contribution in [2.45, 2.75) is 32.3 Å². The van der Waals surface area contributed by atoms with E-state index < -0.39 is 0 Å². The number of ether oxygens (including phenoxy) is 1. The Morgan fingerprint density at radius 1 is 1.41 bits per heavy atom. The average Bonchev–Trinajstić information content (AvgIpc) is 2.86. The normalized spacial score (nSPS) is 21.1. The molecule has 1 fully saturated rings. The van der Waals surface area contributed by atoms with Gasteiger partial charge in [-0.15, -0.1) is 0 Å². The molecule has 0 heterocycles. The third kappa shape index (κ3) is 4.71. The van der Waals surface area contributed by atoms with E-state index in [1.54, 1.807) is 0 Å². The molecule has 0 spiro atoms. The number of hydrogen-bond acceptors (Lipinski definition) is 4. The zero-order valence-corrected chi connectivity index (χ0v) is 13.4. The SMILES string of the molecule is CCOc1ccccc1NC(=O)CN(C)CC1CCCC1O. The van der Waals surface area contributed by atoms with Crippen LogP contribution in [-0.2, 0) is 4.79 Å². The summed E-state index contributed by atoms with van der Waals surface area (Å²) in [6.07, 6.45) is 2.78. The highest BCUT2D eigenvalue weighted by Gasteiger charge is 2.26. The molecule has 0 aliphatic heterocycles. The molecule has 1 aliphatic rings. The summed E-state index contributed by atoms with van der Waals surface area (Å²) in [4.78, 5) is 14.1. The summed E-state index contributed by atoms with van der Waals surface area (Å²) in [6.45, 7) is 3.54. The Morgan fingerprint density at radius 3 is 2.86 bits per heavy atom. The Hall–Kier alpha value is -1.59. The Kier molecular flexibility index (Phi) is 6.21. The fraction of sp³-hybridized carbons (Fsp3) is 0.588. The van der Waals surface area contributed by atoms with Crippen LogP contribution >= 0.6 is 0 Å². The number of aliphatic hydroxyl groups excluding tert-OH is 1. The molecular formula is C17H26N2O3. The van der Waals surface area contributed by atoms with Crippen LogP contribution < -0.4 is 10.1 Å². The molecule has 22 heavy (non-hydrogen) atoms. The van der Waals surface area contributed by atoms with Crippen molar-refractivity contribution in [3.8, 4) is 5.75 Å². The number of amides is 1. The minimum atomic E-state index is -0.218. The largest absolute Gasteiger partial charge is 0.492 e. The molecule has 1 saturated carbocycles. The summed E-state index contributed by atoms with van der Waals surface area (Å²) in [5, 5.41) is 12.8. The van der Waals surface area contributed by atoms with E-state index >= 15 is 0 Å². The van der Waals surface area contributed by atoms with E-state index in [1.165, 1.54) is 0 Å². The van der Waals surface area contributed by atoms with Gasteiger partial charge in [-0.1, -0.05) is 18.6 Å². The maximum Gasteiger partial charge on any atom is 0.238 e. The number of nitrogens with one attached hydrogen (secondary N) is 1. The van der Waals surface area contributed by atoms with Gasteiger partial charge in [0.05, 0.1) is 24.9 Å². The molecule has 1 aromatic rings. The van der Waals surface area contributed by atoms with Crippen molar-refractivity contribution in [2.24, 2.45) is 5.92 Å². The summed E-state index contributed by atoms with van der Waals surface area (Å²) < 4.78 is 5.50. The zero-order chi connectivity index (χ0) is 15.9. The third-order valence-electron chi connectivity index (χ3n) is 4.04. The molecule has 2 unspecified atom stereocenters. The number of para-hydroxylation sites is 2. The summed E-state index contributed by atoms with van der Waals surface area (Å²) in [6, 6.07) is 7.44. The molecule has 0 aromatic heterocycles. The lowest BCUT2D eigenvalue weighted by molar-refractivity contribution is -0.117. The lowest BCUT2D eigenvalue weighted by Crippen LogP contribution is -2.35. The summed E-state index contributed by atoms with van der Waals surface area (Å²) in [5.41, 5.74) is 0.698. The van der Waals surface area contributed by atoms with Gasteiger partial charge in [0.25, 0.3) is 0 Å². The van der Waals surface area contributed by atoms with Crippen molar-refractivity contribution in [1.29, 1.82) is 0 Å². The van der Waals surface area contributed by atoms with Crippen LogP contribution in [0.3, 0.4) is 0 Å². The van der Waals surface area contributed by atoms with Crippen LogP contribution in [0.4, 0.5) is 5.69 Å². The maximum absolute atomic E-state index is 12.2. The first kappa shape index (κ1) is 16.8. The predicted molar refractivity (Wildman–Crippen MR) is 87.1 cm³/mol. The monoisotopic (exact) mass is 306 g/mol. The number of rotatable bonds is 7. The van der Waals surface area contributed by atoms with E-state index in [4.69, 9.17) is 4.74 Å². The van der Waals surface area contributed by atoms with Crippen molar-refractivity contribution in [3.05, 3.63) is 24.3 Å². The Balaban J connectivity index is 1.84. The summed E-state index contributed by atoms with van der Waals surface area (Å²) in [7, 11) is 1.92. The standard InChI is InChI=1S/C17H26N2O3/c1-3-22-16-10-5-4-8-14(16)18-17(21)12-19(2)11-13-7-6-9-15(13)20/h4-5,8,10,13,15,20H,3,6-7,9,11-12H2,1-2H3,(H,18,21). The molecule has 0 saturated heterocycles. The van der Waals surface area contributed by atoms with Gasteiger partial charge >= 0.3 is 0 Å². The van der Waals surface area contributed by atoms with E-state index in [1.807, 2.05) is 43.1 Å².